The quantitative estimate of drug-likeness (QED) is 0.622. The number of nitrogens with zero attached hydrogens (tertiary/aromatic N) is 2. The second-order valence-electron chi connectivity index (χ2n) is 5.71. The highest BCUT2D eigenvalue weighted by atomic mass is 79.9. The molecule has 3 rings (SSSR count). The van der Waals surface area contributed by atoms with Gasteiger partial charge in [-0.05, 0) is 41.1 Å². The molecule has 1 N–H and O–H groups in total. The van der Waals surface area contributed by atoms with E-state index in [2.05, 4.69) is 31.4 Å². The molecular formula is C20H18BrN3O2. The van der Waals surface area contributed by atoms with Crippen LogP contribution in [-0.2, 0) is 0 Å². The van der Waals surface area contributed by atoms with Crippen molar-refractivity contribution in [2.75, 3.05) is 13.2 Å². The molecule has 1 heterocycles. The van der Waals surface area contributed by atoms with Crippen molar-refractivity contribution >= 4 is 21.8 Å². The van der Waals surface area contributed by atoms with Gasteiger partial charge in [0, 0.05) is 16.1 Å². The fourth-order valence-corrected chi connectivity index (χ4v) is 2.80. The second kappa shape index (κ2) is 8.58. The lowest BCUT2D eigenvalue weighted by atomic mass is 10.1. The molecule has 5 nitrogen and oxygen atoms in total. The van der Waals surface area contributed by atoms with Crippen molar-refractivity contribution in [3.8, 4) is 17.1 Å². The van der Waals surface area contributed by atoms with E-state index >= 15 is 0 Å². The number of carbonyl (C=O) groups excluding carboxylic acids is 1. The lowest BCUT2D eigenvalue weighted by molar-refractivity contribution is 0.0945. The zero-order valence-corrected chi connectivity index (χ0v) is 15.9. The standard InChI is InChI=1S/C20H18BrN3O2/c1-14-6-8-15(9-7-14)18-10-11-19(24-23-18)26-13-12-22-20(25)16-4-2-3-5-17(16)21/h2-11H,12-13H2,1H3,(H,22,25). The van der Waals surface area contributed by atoms with Crippen molar-refractivity contribution in [3.05, 3.63) is 76.3 Å². The molecule has 0 fully saturated rings. The van der Waals surface area contributed by atoms with Gasteiger partial charge in [-0.2, -0.15) is 0 Å². The summed E-state index contributed by atoms with van der Waals surface area (Å²) in [5.74, 6) is 0.276. The summed E-state index contributed by atoms with van der Waals surface area (Å²) in [7, 11) is 0. The van der Waals surface area contributed by atoms with Gasteiger partial charge in [0.25, 0.3) is 5.91 Å². The monoisotopic (exact) mass is 411 g/mol. The molecule has 0 spiro atoms. The summed E-state index contributed by atoms with van der Waals surface area (Å²) < 4.78 is 6.29. The number of rotatable bonds is 6. The molecular weight excluding hydrogens is 394 g/mol. The molecule has 0 saturated heterocycles. The number of nitrogens with one attached hydrogen (secondary N) is 1. The molecule has 0 bridgehead atoms. The summed E-state index contributed by atoms with van der Waals surface area (Å²) in [5, 5.41) is 11.1. The molecule has 132 valence electrons. The Morgan fingerprint density at radius 3 is 2.50 bits per heavy atom. The first kappa shape index (κ1) is 18.1. The zero-order valence-electron chi connectivity index (χ0n) is 14.3. The van der Waals surface area contributed by atoms with Crippen LogP contribution in [0, 0.1) is 6.92 Å². The van der Waals surface area contributed by atoms with E-state index in [-0.39, 0.29) is 5.91 Å². The molecule has 0 radical (unpaired) electrons. The lowest BCUT2D eigenvalue weighted by Gasteiger charge is -2.08. The molecule has 0 atom stereocenters. The predicted octanol–water partition coefficient (Wildman–Crippen LogP) is 4.02. The van der Waals surface area contributed by atoms with E-state index in [4.69, 9.17) is 4.74 Å². The topological polar surface area (TPSA) is 64.1 Å². The molecule has 3 aromatic rings. The van der Waals surface area contributed by atoms with Crippen LogP contribution in [0.4, 0.5) is 0 Å². The minimum absolute atomic E-state index is 0.151. The third-order valence-corrected chi connectivity index (χ3v) is 4.43. The lowest BCUT2D eigenvalue weighted by Crippen LogP contribution is -2.28. The van der Waals surface area contributed by atoms with Gasteiger partial charge in [-0.3, -0.25) is 4.79 Å². The van der Waals surface area contributed by atoms with Crippen LogP contribution in [0.2, 0.25) is 0 Å². The third-order valence-electron chi connectivity index (χ3n) is 3.74. The van der Waals surface area contributed by atoms with Crippen LogP contribution >= 0.6 is 15.9 Å². The maximum absolute atomic E-state index is 12.1. The highest BCUT2D eigenvalue weighted by Gasteiger charge is 2.08. The Morgan fingerprint density at radius 1 is 1.04 bits per heavy atom. The number of carbonyl (C=O) groups is 1. The fraction of sp³-hybridized carbons (Fsp3) is 0.150. The van der Waals surface area contributed by atoms with E-state index in [1.807, 2.05) is 55.5 Å². The average Bonchev–Trinajstić information content (AvgIpc) is 2.66. The van der Waals surface area contributed by atoms with Gasteiger partial charge >= 0.3 is 0 Å². The van der Waals surface area contributed by atoms with E-state index in [1.165, 1.54) is 5.56 Å². The van der Waals surface area contributed by atoms with E-state index in [0.717, 1.165) is 15.7 Å². The Bertz CT molecular complexity index is 880. The van der Waals surface area contributed by atoms with E-state index in [0.29, 0.717) is 24.6 Å². The molecule has 0 saturated carbocycles. The van der Waals surface area contributed by atoms with Crippen LogP contribution in [0.5, 0.6) is 5.88 Å². The minimum atomic E-state index is -0.151. The summed E-state index contributed by atoms with van der Waals surface area (Å²) in [6.45, 7) is 2.73. The molecule has 2 aromatic carbocycles. The SMILES string of the molecule is Cc1ccc(-c2ccc(OCCNC(=O)c3ccccc3Br)nn2)cc1. The number of ether oxygens (including phenoxy) is 1. The summed E-state index contributed by atoms with van der Waals surface area (Å²) in [4.78, 5) is 12.1. The number of hydrogen-bond acceptors (Lipinski definition) is 4. The number of amides is 1. The molecule has 0 aliphatic rings. The van der Waals surface area contributed by atoms with Crippen molar-refractivity contribution in [3.63, 3.8) is 0 Å². The molecule has 26 heavy (non-hydrogen) atoms. The molecule has 1 amide bonds. The van der Waals surface area contributed by atoms with E-state index in [1.54, 1.807) is 12.1 Å². The summed E-state index contributed by atoms with van der Waals surface area (Å²) >= 11 is 3.36. The fourth-order valence-electron chi connectivity index (χ4n) is 2.34. The molecule has 0 aliphatic heterocycles. The Hall–Kier alpha value is -2.73. The van der Waals surface area contributed by atoms with Gasteiger partial charge in [0.15, 0.2) is 0 Å². The van der Waals surface area contributed by atoms with E-state index in [9.17, 15) is 4.79 Å². The predicted molar refractivity (Wildman–Crippen MR) is 104 cm³/mol. The summed E-state index contributed by atoms with van der Waals surface area (Å²) in [6, 6.07) is 19.0. The van der Waals surface area contributed by atoms with Crippen LogP contribution in [0.25, 0.3) is 11.3 Å². The van der Waals surface area contributed by atoms with Gasteiger partial charge in [0.1, 0.15) is 6.61 Å². The Balaban J connectivity index is 1.49. The second-order valence-corrected chi connectivity index (χ2v) is 6.56. The van der Waals surface area contributed by atoms with Crippen LogP contribution in [0.15, 0.2) is 65.1 Å². The maximum Gasteiger partial charge on any atom is 0.252 e. The molecule has 6 heteroatoms. The number of hydrogen-bond donors (Lipinski definition) is 1. The Morgan fingerprint density at radius 2 is 1.81 bits per heavy atom. The first-order chi connectivity index (χ1) is 12.6. The van der Waals surface area contributed by atoms with Crippen molar-refractivity contribution < 1.29 is 9.53 Å². The maximum atomic E-state index is 12.1. The molecule has 1 aromatic heterocycles. The van der Waals surface area contributed by atoms with Crippen molar-refractivity contribution in [1.29, 1.82) is 0 Å². The van der Waals surface area contributed by atoms with Crippen molar-refractivity contribution in [2.24, 2.45) is 0 Å². The largest absolute Gasteiger partial charge is 0.475 e. The summed E-state index contributed by atoms with van der Waals surface area (Å²) in [6.07, 6.45) is 0. The van der Waals surface area contributed by atoms with Crippen LogP contribution in [-0.4, -0.2) is 29.3 Å². The first-order valence-corrected chi connectivity index (χ1v) is 8.99. The van der Waals surface area contributed by atoms with Crippen molar-refractivity contribution in [2.45, 2.75) is 6.92 Å². The highest BCUT2D eigenvalue weighted by molar-refractivity contribution is 9.10. The van der Waals surface area contributed by atoms with Gasteiger partial charge in [-0.25, -0.2) is 0 Å². The molecule has 0 aliphatic carbocycles. The first-order valence-electron chi connectivity index (χ1n) is 8.20. The number of halogens is 1. The summed E-state index contributed by atoms with van der Waals surface area (Å²) in [5.41, 5.74) is 3.59. The van der Waals surface area contributed by atoms with E-state index < -0.39 is 0 Å². The minimum Gasteiger partial charge on any atom is -0.475 e. The third kappa shape index (κ3) is 4.67. The average molecular weight is 412 g/mol. The normalized spacial score (nSPS) is 10.4. The smallest absolute Gasteiger partial charge is 0.252 e. The number of aryl methyl sites for hydroxylation is 1. The van der Waals surface area contributed by atoms with Crippen molar-refractivity contribution in [1.82, 2.24) is 15.5 Å². The highest BCUT2D eigenvalue weighted by Crippen LogP contribution is 2.18. The van der Waals surface area contributed by atoms with Crippen LogP contribution in [0.3, 0.4) is 0 Å². The van der Waals surface area contributed by atoms with Crippen LogP contribution < -0.4 is 10.1 Å². The Labute approximate surface area is 160 Å². The Kier molecular flexibility index (Phi) is 5.96. The van der Waals surface area contributed by atoms with Gasteiger partial charge in [0.05, 0.1) is 17.8 Å². The number of benzene rings is 2. The van der Waals surface area contributed by atoms with Crippen LogP contribution in [0.1, 0.15) is 15.9 Å². The van der Waals surface area contributed by atoms with Gasteiger partial charge in [-0.1, -0.05) is 42.0 Å². The molecule has 0 unspecified atom stereocenters. The number of aromatic nitrogens is 2. The van der Waals surface area contributed by atoms with Gasteiger partial charge < -0.3 is 10.1 Å². The van der Waals surface area contributed by atoms with Gasteiger partial charge in [-0.15, -0.1) is 10.2 Å². The zero-order chi connectivity index (χ0) is 18.4. The van der Waals surface area contributed by atoms with Gasteiger partial charge in [0.2, 0.25) is 5.88 Å².